The molecule has 0 radical (unpaired) electrons. The molecule has 3 aromatic heterocycles. The van der Waals surface area contributed by atoms with Crippen LogP contribution in [0.1, 0.15) is 36.7 Å². The second-order valence-corrected chi connectivity index (χ2v) is 8.73. The minimum absolute atomic E-state index is 0.188. The Morgan fingerprint density at radius 1 is 1.21 bits per heavy atom. The highest BCUT2D eigenvalue weighted by Crippen LogP contribution is 2.45. The number of nitriles is 1. The van der Waals surface area contributed by atoms with E-state index in [4.69, 9.17) is 4.98 Å². The van der Waals surface area contributed by atoms with E-state index in [-0.39, 0.29) is 5.56 Å². The van der Waals surface area contributed by atoms with Gasteiger partial charge in [0.1, 0.15) is 10.8 Å². The zero-order chi connectivity index (χ0) is 23.3. The van der Waals surface area contributed by atoms with Gasteiger partial charge >= 0.3 is 0 Å². The molecule has 2 aliphatic rings. The molecule has 0 spiro atoms. The summed E-state index contributed by atoms with van der Waals surface area (Å²) in [5.41, 5.74) is 3.15. The Kier molecular flexibility index (Phi) is 4.67. The van der Waals surface area contributed by atoms with Crippen LogP contribution in [-0.2, 0) is 24.9 Å². The first-order valence-electron chi connectivity index (χ1n) is 11.4. The highest BCUT2D eigenvalue weighted by Gasteiger charge is 2.48. The molecule has 1 aliphatic heterocycles. The number of benzene rings is 1. The first-order chi connectivity index (χ1) is 16.6. The molecule has 0 bridgehead atoms. The van der Waals surface area contributed by atoms with Crippen molar-refractivity contribution in [3.05, 3.63) is 64.0 Å². The van der Waals surface area contributed by atoms with Crippen molar-refractivity contribution in [2.24, 2.45) is 0 Å². The van der Waals surface area contributed by atoms with Gasteiger partial charge in [0.2, 0.25) is 5.95 Å². The van der Waals surface area contributed by atoms with E-state index in [1.165, 1.54) is 11.1 Å². The summed E-state index contributed by atoms with van der Waals surface area (Å²) in [5.74, 6) is 1.39. The molecule has 34 heavy (non-hydrogen) atoms. The van der Waals surface area contributed by atoms with Gasteiger partial charge in [0.05, 0.1) is 6.07 Å². The Hall–Kier alpha value is -4.10. The summed E-state index contributed by atoms with van der Waals surface area (Å²) in [6.07, 6.45) is 5.65. The summed E-state index contributed by atoms with van der Waals surface area (Å²) in [6.45, 7) is 4.16. The van der Waals surface area contributed by atoms with Gasteiger partial charge in [-0.2, -0.15) is 10.2 Å². The number of hydrogen-bond donors (Lipinski definition) is 2. The molecule has 0 saturated heterocycles. The summed E-state index contributed by atoms with van der Waals surface area (Å²) in [4.78, 5) is 31.2. The van der Waals surface area contributed by atoms with Crippen molar-refractivity contribution >= 4 is 22.7 Å². The predicted octanol–water partition coefficient (Wildman–Crippen LogP) is 2.34. The van der Waals surface area contributed by atoms with Crippen LogP contribution in [0, 0.1) is 11.3 Å². The van der Waals surface area contributed by atoms with Crippen molar-refractivity contribution in [1.82, 2.24) is 34.6 Å². The molecule has 10 nitrogen and oxygen atoms in total. The van der Waals surface area contributed by atoms with Gasteiger partial charge in [0.25, 0.3) is 5.56 Å². The van der Waals surface area contributed by atoms with Crippen LogP contribution in [0.15, 0.2) is 41.5 Å². The standard InChI is InChI=1S/C24H23N9O/c1-2-32-21(34)18-13-28-23(29-17-4-3-16-12-26-9-5-15(16)11-17)31-20(18)33(32)19-6-10-27-22(30-19)24(14-25)7-8-24/h3-4,6,10-11,13,26H,2,5,7-9,12H2,1H3,(H,28,29,31). The third-order valence-corrected chi connectivity index (χ3v) is 6.57. The van der Waals surface area contributed by atoms with E-state index in [1.807, 2.05) is 13.0 Å². The quantitative estimate of drug-likeness (QED) is 0.472. The molecule has 10 heteroatoms. The summed E-state index contributed by atoms with van der Waals surface area (Å²) in [5, 5.41) is 16.6. The third-order valence-electron chi connectivity index (χ3n) is 6.57. The van der Waals surface area contributed by atoms with E-state index < -0.39 is 5.41 Å². The number of aromatic nitrogens is 6. The molecule has 2 N–H and O–H groups in total. The number of rotatable bonds is 5. The molecule has 1 saturated carbocycles. The summed E-state index contributed by atoms with van der Waals surface area (Å²) in [7, 11) is 0. The lowest BCUT2D eigenvalue weighted by Crippen LogP contribution is -2.23. The van der Waals surface area contributed by atoms with Crippen LogP contribution in [-0.4, -0.2) is 35.8 Å². The molecule has 0 unspecified atom stereocenters. The maximum absolute atomic E-state index is 13.1. The van der Waals surface area contributed by atoms with Crippen LogP contribution in [0.5, 0.6) is 0 Å². The average molecular weight is 454 g/mol. The molecule has 6 rings (SSSR count). The zero-order valence-electron chi connectivity index (χ0n) is 18.7. The van der Waals surface area contributed by atoms with Crippen molar-refractivity contribution in [2.75, 3.05) is 11.9 Å². The van der Waals surface area contributed by atoms with Gasteiger partial charge < -0.3 is 10.6 Å². The number of hydrogen-bond acceptors (Lipinski definition) is 8. The SMILES string of the molecule is CCn1c(=O)c2cnc(Nc3ccc4c(c3)CCNC4)nc2n1-c1ccnc(C2(C#N)CC2)n1. The summed E-state index contributed by atoms with van der Waals surface area (Å²) >= 11 is 0. The van der Waals surface area contributed by atoms with E-state index in [1.54, 1.807) is 27.8 Å². The summed E-state index contributed by atoms with van der Waals surface area (Å²) < 4.78 is 3.27. The van der Waals surface area contributed by atoms with Gasteiger partial charge in [0.15, 0.2) is 17.3 Å². The van der Waals surface area contributed by atoms with Crippen LogP contribution in [0.25, 0.3) is 16.9 Å². The van der Waals surface area contributed by atoms with Gasteiger partial charge in [-0.15, -0.1) is 0 Å². The van der Waals surface area contributed by atoms with Crippen LogP contribution in [0.3, 0.4) is 0 Å². The second-order valence-electron chi connectivity index (χ2n) is 8.73. The molecule has 170 valence electrons. The van der Waals surface area contributed by atoms with Crippen molar-refractivity contribution in [3.63, 3.8) is 0 Å². The Morgan fingerprint density at radius 2 is 2.09 bits per heavy atom. The monoisotopic (exact) mass is 453 g/mol. The van der Waals surface area contributed by atoms with Crippen LogP contribution in [0.2, 0.25) is 0 Å². The lowest BCUT2D eigenvalue weighted by Gasteiger charge is -2.18. The second kappa shape index (κ2) is 7.74. The van der Waals surface area contributed by atoms with Gasteiger partial charge in [-0.3, -0.25) is 4.79 Å². The maximum atomic E-state index is 13.1. The van der Waals surface area contributed by atoms with Crippen molar-refractivity contribution in [1.29, 1.82) is 5.26 Å². The lowest BCUT2D eigenvalue weighted by molar-refractivity contribution is 0.564. The first-order valence-corrected chi connectivity index (χ1v) is 11.4. The molecule has 0 atom stereocenters. The fourth-order valence-electron chi connectivity index (χ4n) is 4.50. The van der Waals surface area contributed by atoms with Gasteiger partial charge in [0, 0.05) is 37.2 Å². The maximum Gasteiger partial charge on any atom is 0.278 e. The third kappa shape index (κ3) is 3.24. The first kappa shape index (κ1) is 20.5. The predicted molar refractivity (Wildman–Crippen MR) is 126 cm³/mol. The Morgan fingerprint density at radius 3 is 2.88 bits per heavy atom. The van der Waals surface area contributed by atoms with E-state index in [2.05, 4.69) is 43.8 Å². The lowest BCUT2D eigenvalue weighted by atomic mass is 10.0. The van der Waals surface area contributed by atoms with Gasteiger partial charge in [-0.25, -0.2) is 24.3 Å². The number of nitrogens with one attached hydrogen (secondary N) is 2. The molecule has 4 heterocycles. The fraction of sp³-hybridized carbons (Fsp3) is 0.333. The molecule has 4 aromatic rings. The zero-order valence-corrected chi connectivity index (χ0v) is 18.7. The smallest absolute Gasteiger partial charge is 0.278 e. The highest BCUT2D eigenvalue weighted by molar-refractivity contribution is 5.77. The molecular weight excluding hydrogens is 430 g/mol. The Balaban J connectivity index is 1.44. The Bertz CT molecular complexity index is 1520. The highest BCUT2D eigenvalue weighted by atomic mass is 16.1. The van der Waals surface area contributed by atoms with Crippen molar-refractivity contribution in [3.8, 4) is 11.9 Å². The van der Waals surface area contributed by atoms with E-state index in [0.717, 1.165) is 38.0 Å². The number of nitrogens with zero attached hydrogens (tertiary/aromatic N) is 7. The van der Waals surface area contributed by atoms with Crippen molar-refractivity contribution < 1.29 is 0 Å². The summed E-state index contributed by atoms with van der Waals surface area (Å²) in [6, 6.07) is 10.3. The number of anilines is 2. The van der Waals surface area contributed by atoms with E-state index in [0.29, 0.717) is 35.2 Å². The van der Waals surface area contributed by atoms with Crippen molar-refractivity contribution in [2.45, 2.75) is 44.7 Å². The minimum Gasteiger partial charge on any atom is -0.324 e. The van der Waals surface area contributed by atoms with E-state index >= 15 is 0 Å². The average Bonchev–Trinajstić information content (AvgIpc) is 3.63. The van der Waals surface area contributed by atoms with E-state index in [9.17, 15) is 10.1 Å². The van der Waals surface area contributed by atoms with Gasteiger partial charge in [-0.05, 0) is 56.0 Å². The van der Waals surface area contributed by atoms with Gasteiger partial charge in [-0.1, -0.05) is 6.07 Å². The molecular formula is C24H23N9O. The van der Waals surface area contributed by atoms with Crippen LogP contribution in [0.4, 0.5) is 11.6 Å². The molecule has 0 amide bonds. The fourth-order valence-corrected chi connectivity index (χ4v) is 4.50. The van der Waals surface area contributed by atoms with Crippen LogP contribution < -0.4 is 16.2 Å². The Labute approximate surface area is 195 Å². The largest absolute Gasteiger partial charge is 0.324 e. The molecule has 1 aliphatic carbocycles. The normalized spacial score (nSPS) is 16.1. The molecule has 1 aromatic carbocycles. The number of fused-ring (bicyclic) bond motifs is 2. The topological polar surface area (TPSA) is 126 Å². The van der Waals surface area contributed by atoms with Crippen LogP contribution >= 0.6 is 0 Å². The molecule has 1 fully saturated rings. The minimum atomic E-state index is -0.625.